The third-order valence-corrected chi connectivity index (χ3v) is 11.8. The minimum absolute atomic E-state index is 0.00909. The van der Waals surface area contributed by atoms with E-state index in [4.69, 9.17) is 4.74 Å². The summed E-state index contributed by atoms with van der Waals surface area (Å²) < 4.78 is 37.2. The fourth-order valence-corrected chi connectivity index (χ4v) is 8.89. The van der Waals surface area contributed by atoms with Gasteiger partial charge in [-0.15, -0.1) is 0 Å². The second kappa shape index (κ2) is 19.3. The van der Waals surface area contributed by atoms with Crippen molar-refractivity contribution in [2.75, 3.05) is 22.5 Å². The minimum atomic E-state index is -4.03. The summed E-state index contributed by atoms with van der Waals surface area (Å²) in [5, 5.41) is 6.67. The summed E-state index contributed by atoms with van der Waals surface area (Å²) in [6.07, 6.45) is 7.78. The number of unbranched alkanes of at least 4 members (excludes halogenated alkanes) is 3. The van der Waals surface area contributed by atoms with Gasteiger partial charge in [0.15, 0.2) is 0 Å². The molecule has 0 radical (unpaired) electrons. The van der Waals surface area contributed by atoms with Crippen LogP contribution in [0.25, 0.3) is 0 Å². The number of hydrogen-bond acceptors (Lipinski definition) is 5. The number of sulfonamides is 1. The number of benzene rings is 4. The van der Waals surface area contributed by atoms with E-state index in [1.54, 1.807) is 19.2 Å². The van der Waals surface area contributed by atoms with Gasteiger partial charge in [-0.05, 0) is 114 Å². The van der Waals surface area contributed by atoms with E-state index < -0.39 is 10.0 Å². The average Bonchev–Trinajstić information content (AvgIpc) is 3.13. The van der Waals surface area contributed by atoms with Crippen LogP contribution >= 0.6 is 0 Å². The van der Waals surface area contributed by atoms with Crippen molar-refractivity contribution in [1.82, 2.24) is 0 Å². The predicted molar refractivity (Wildman–Crippen MR) is 228 cm³/mol. The Labute approximate surface area is 325 Å². The molecule has 0 bridgehead atoms. The molecule has 4 aromatic carbocycles. The van der Waals surface area contributed by atoms with E-state index in [9.17, 15) is 13.2 Å². The van der Waals surface area contributed by atoms with Crippen LogP contribution in [0.3, 0.4) is 0 Å². The Kier molecular flexibility index (Phi) is 15.2. The summed E-state index contributed by atoms with van der Waals surface area (Å²) >= 11 is 0. The smallest absolute Gasteiger partial charge is 0.262 e. The molecule has 0 saturated carbocycles. The molecule has 1 atom stereocenters. The van der Waals surface area contributed by atoms with Crippen molar-refractivity contribution >= 4 is 38.7 Å². The number of methoxy groups -OCH3 is 1. The zero-order valence-corrected chi connectivity index (χ0v) is 35.0. The molecule has 0 heterocycles. The van der Waals surface area contributed by atoms with E-state index in [0.29, 0.717) is 27.5 Å². The van der Waals surface area contributed by atoms with Crippen molar-refractivity contribution in [3.8, 4) is 5.75 Å². The van der Waals surface area contributed by atoms with Crippen molar-refractivity contribution in [2.45, 2.75) is 136 Å². The van der Waals surface area contributed by atoms with Crippen LogP contribution in [-0.4, -0.2) is 21.4 Å². The highest BCUT2D eigenvalue weighted by Gasteiger charge is 2.28. The van der Waals surface area contributed by atoms with Crippen molar-refractivity contribution in [2.24, 2.45) is 0 Å². The van der Waals surface area contributed by atoms with Gasteiger partial charge in [-0.2, -0.15) is 0 Å². The van der Waals surface area contributed by atoms with E-state index in [1.165, 1.54) is 19.3 Å². The van der Waals surface area contributed by atoms with Gasteiger partial charge in [0.1, 0.15) is 5.75 Å². The van der Waals surface area contributed by atoms with Crippen molar-refractivity contribution in [1.29, 1.82) is 0 Å². The van der Waals surface area contributed by atoms with Crippen LogP contribution in [0.1, 0.15) is 162 Å². The maximum absolute atomic E-state index is 14.5. The third-order valence-electron chi connectivity index (χ3n) is 10.3. The summed E-state index contributed by atoms with van der Waals surface area (Å²) in [4.78, 5) is 14.7. The number of rotatable bonds is 19. The number of amides is 1. The summed E-state index contributed by atoms with van der Waals surface area (Å²) in [6.45, 7) is 18.8. The lowest BCUT2D eigenvalue weighted by molar-refractivity contribution is 0.102. The quantitative estimate of drug-likeness (QED) is 0.0829. The van der Waals surface area contributed by atoms with E-state index in [2.05, 4.69) is 49.1 Å². The Morgan fingerprint density at radius 1 is 0.704 bits per heavy atom. The number of hydrogen-bond donors (Lipinski definition) is 3. The molecule has 1 amide bonds. The molecule has 292 valence electrons. The number of ether oxygens (including phenoxy) is 1. The Bertz CT molecular complexity index is 1950. The fourth-order valence-electron chi connectivity index (χ4n) is 7.15. The normalized spacial score (nSPS) is 12.3. The molecular formula is C46H63N3O4S. The van der Waals surface area contributed by atoms with Gasteiger partial charge in [0.25, 0.3) is 15.9 Å². The largest absolute Gasteiger partial charge is 0.497 e. The van der Waals surface area contributed by atoms with E-state index in [1.807, 2.05) is 89.2 Å². The lowest BCUT2D eigenvalue weighted by atomic mass is 9.86. The molecule has 0 spiro atoms. The number of nitrogens with one attached hydrogen (secondary N) is 3. The second-order valence-corrected chi connectivity index (χ2v) is 17.2. The van der Waals surface area contributed by atoms with Crippen molar-refractivity contribution < 1.29 is 17.9 Å². The van der Waals surface area contributed by atoms with Crippen LogP contribution in [0.2, 0.25) is 0 Å². The second-order valence-electron chi connectivity index (χ2n) is 15.5. The first-order chi connectivity index (χ1) is 25.7. The molecule has 1 unspecified atom stereocenters. The lowest BCUT2D eigenvalue weighted by Crippen LogP contribution is -2.20. The Hall–Kier alpha value is -4.30. The molecule has 4 rings (SSSR count). The Balaban J connectivity index is 1.79. The first-order valence-electron chi connectivity index (χ1n) is 19.9. The van der Waals surface area contributed by atoms with Gasteiger partial charge in [-0.25, -0.2) is 8.42 Å². The molecular weight excluding hydrogens is 691 g/mol. The summed E-state index contributed by atoms with van der Waals surface area (Å²) in [5.74, 6) is 1.03. The SMILES string of the molecule is CCCCCCC(CCC)c1ccccc1C(=O)Nc1cc(NS(=O)(=O)c2c(C(C)C)cc(C(C)C)cc2C(C)C)ccc1Nc1ccc(OC)cc1C. The first kappa shape index (κ1) is 42.4. The number of aryl methyl sites for hydroxylation is 1. The van der Waals surface area contributed by atoms with Crippen molar-refractivity contribution in [3.63, 3.8) is 0 Å². The molecule has 0 aliphatic carbocycles. The highest BCUT2D eigenvalue weighted by molar-refractivity contribution is 7.92. The first-order valence-corrected chi connectivity index (χ1v) is 21.3. The highest BCUT2D eigenvalue weighted by atomic mass is 32.2. The molecule has 0 saturated heterocycles. The van der Waals surface area contributed by atoms with Gasteiger partial charge in [0.05, 0.1) is 29.1 Å². The van der Waals surface area contributed by atoms with Crippen LogP contribution in [-0.2, 0) is 10.0 Å². The van der Waals surface area contributed by atoms with Crippen LogP contribution < -0.4 is 20.1 Å². The van der Waals surface area contributed by atoms with Crippen molar-refractivity contribution in [3.05, 3.63) is 106 Å². The Morgan fingerprint density at radius 2 is 1.37 bits per heavy atom. The molecule has 0 aromatic heterocycles. The lowest BCUT2D eigenvalue weighted by Gasteiger charge is -2.24. The molecule has 3 N–H and O–H groups in total. The monoisotopic (exact) mass is 753 g/mol. The molecule has 0 fully saturated rings. The van der Waals surface area contributed by atoms with Gasteiger partial charge in [0, 0.05) is 11.3 Å². The predicted octanol–water partition coefficient (Wildman–Crippen LogP) is 13.0. The molecule has 8 heteroatoms. The van der Waals surface area contributed by atoms with Crippen LogP contribution in [0, 0.1) is 6.92 Å². The standard InChI is InChI=1S/C46H63N3O4S/c1-11-13-14-15-19-34(18-12-2)38-20-16-17-21-39(38)46(50)48-44-29-36(22-24-43(44)47-42-25-23-37(53-10)26-33(42)9)49-54(51,52)45-40(31(5)6)27-35(30(3)4)28-41(45)32(7)8/h16-17,20-32,34,47,49H,11-15,18-19H2,1-10H3,(H,48,50). The summed E-state index contributed by atoms with van der Waals surface area (Å²) in [5.41, 5.74) is 7.65. The topological polar surface area (TPSA) is 96.5 Å². The van der Waals surface area contributed by atoms with Crippen LogP contribution in [0.15, 0.2) is 77.7 Å². The number of anilines is 4. The highest BCUT2D eigenvalue weighted by Crippen LogP contribution is 2.38. The minimum Gasteiger partial charge on any atom is -0.497 e. The molecule has 0 aliphatic heterocycles. The summed E-state index contributed by atoms with van der Waals surface area (Å²) in [7, 11) is -2.39. The molecule has 54 heavy (non-hydrogen) atoms. The van der Waals surface area contributed by atoms with Crippen LogP contribution in [0.4, 0.5) is 22.7 Å². The fraction of sp³-hybridized carbons (Fsp3) is 0.457. The van der Waals surface area contributed by atoms with Gasteiger partial charge in [-0.3, -0.25) is 9.52 Å². The average molecular weight is 754 g/mol. The zero-order valence-electron chi connectivity index (χ0n) is 34.2. The third kappa shape index (κ3) is 10.7. The maximum Gasteiger partial charge on any atom is 0.262 e. The summed E-state index contributed by atoms with van der Waals surface area (Å²) in [6, 6.07) is 23.0. The zero-order chi connectivity index (χ0) is 39.6. The number of carbonyl (C=O) groups excluding carboxylic acids is 1. The van der Waals surface area contributed by atoms with E-state index in [0.717, 1.165) is 64.9 Å². The number of carbonyl (C=O) groups is 1. The van der Waals surface area contributed by atoms with Gasteiger partial charge in [0.2, 0.25) is 0 Å². The van der Waals surface area contributed by atoms with Gasteiger partial charge >= 0.3 is 0 Å². The van der Waals surface area contributed by atoms with Crippen LogP contribution in [0.5, 0.6) is 5.75 Å². The Morgan fingerprint density at radius 3 is 1.96 bits per heavy atom. The van der Waals surface area contributed by atoms with E-state index in [-0.39, 0.29) is 29.6 Å². The van der Waals surface area contributed by atoms with E-state index >= 15 is 0 Å². The molecule has 4 aromatic rings. The molecule has 7 nitrogen and oxygen atoms in total. The molecule has 0 aliphatic rings. The maximum atomic E-state index is 14.5. The van der Waals surface area contributed by atoms with Gasteiger partial charge < -0.3 is 15.4 Å². The van der Waals surface area contributed by atoms with Gasteiger partial charge in [-0.1, -0.05) is 118 Å².